The van der Waals surface area contributed by atoms with Crippen molar-refractivity contribution in [3.8, 4) is 11.1 Å². The second-order valence-corrected chi connectivity index (χ2v) is 6.97. The summed E-state index contributed by atoms with van der Waals surface area (Å²) >= 11 is 0. The molecule has 5 heteroatoms. The van der Waals surface area contributed by atoms with Gasteiger partial charge in [0.25, 0.3) is 0 Å². The normalized spacial score (nSPS) is 15.2. The van der Waals surface area contributed by atoms with Crippen molar-refractivity contribution in [1.29, 1.82) is 0 Å². The van der Waals surface area contributed by atoms with E-state index in [1.165, 1.54) is 40.1 Å². The number of carbonyl (C=O) groups is 1. The minimum atomic E-state index is -0.955. The predicted octanol–water partition coefficient (Wildman–Crippen LogP) is 4.27. The number of nitrogens with one attached hydrogen (secondary N) is 2. The zero-order valence-corrected chi connectivity index (χ0v) is 15.8. The number of carboxylic acid groups (broad SMARTS) is 1. The number of pyridine rings is 1. The van der Waals surface area contributed by atoms with Crippen molar-refractivity contribution in [2.75, 3.05) is 11.9 Å². The van der Waals surface area contributed by atoms with Crippen molar-refractivity contribution in [2.45, 2.75) is 25.9 Å². The second kappa shape index (κ2) is 7.82. The predicted molar refractivity (Wildman–Crippen MR) is 111 cm³/mol. The van der Waals surface area contributed by atoms with Crippen LogP contribution in [0.1, 0.15) is 40.0 Å². The van der Waals surface area contributed by atoms with Gasteiger partial charge in [-0.2, -0.15) is 0 Å². The minimum absolute atomic E-state index is 0.132. The summed E-state index contributed by atoms with van der Waals surface area (Å²) in [5.41, 5.74) is 7.21. The number of hydrogen-bond donors (Lipinski definition) is 3. The van der Waals surface area contributed by atoms with Gasteiger partial charge in [-0.05, 0) is 46.4 Å². The first kappa shape index (κ1) is 18.2. The van der Waals surface area contributed by atoms with Crippen molar-refractivity contribution in [3.63, 3.8) is 0 Å². The lowest BCUT2D eigenvalue weighted by molar-refractivity contribution is 0.0698. The first-order chi connectivity index (χ1) is 13.7. The number of nitrogens with zero attached hydrogens (tertiary/aromatic N) is 1. The molecule has 2 aromatic carbocycles. The Morgan fingerprint density at radius 2 is 2.11 bits per heavy atom. The number of rotatable bonds is 6. The highest BCUT2D eigenvalue weighted by Crippen LogP contribution is 2.32. The highest BCUT2D eigenvalue weighted by Gasteiger charge is 2.23. The van der Waals surface area contributed by atoms with Crippen molar-refractivity contribution < 1.29 is 9.90 Å². The monoisotopic (exact) mass is 373 g/mol. The molecule has 0 saturated heterocycles. The summed E-state index contributed by atoms with van der Waals surface area (Å²) in [5.74, 6) is -0.955. The Labute approximate surface area is 164 Å². The van der Waals surface area contributed by atoms with Crippen LogP contribution in [-0.2, 0) is 13.0 Å². The molecule has 0 fully saturated rings. The van der Waals surface area contributed by atoms with Crippen LogP contribution in [0.3, 0.4) is 0 Å². The van der Waals surface area contributed by atoms with Crippen LogP contribution in [0.25, 0.3) is 11.1 Å². The molecule has 4 rings (SSSR count). The van der Waals surface area contributed by atoms with E-state index in [4.69, 9.17) is 0 Å². The fourth-order valence-electron chi connectivity index (χ4n) is 3.84. The van der Waals surface area contributed by atoms with Gasteiger partial charge >= 0.3 is 5.97 Å². The average Bonchev–Trinajstić information content (AvgIpc) is 3.14. The maximum Gasteiger partial charge on any atom is 0.337 e. The number of aromatic nitrogens is 1. The highest BCUT2D eigenvalue weighted by molar-refractivity contribution is 5.93. The first-order valence-corrected chi connectivity index (χ1v) is 9.53. The van der Waals surface area contributed by atoms with E-state index in [1.807, 2.05) is 0 Å². The summed E-state index contributed by atoms with van der Waals surface area (Å²) in [6.45, 7) is 3.59. The molecule has 1 atom stereocenters. The maximum absolute atomic E-state index is 11.4. The molecule has 28 heavy (non-hydrogen) atoms. The van der Waals surface area contributed by atoms with Gasteiger partial charge in [0.1, 0.15) is 0 Å². The molecule has 1 unspecified atom stereocenters. The van der Waals surface area contributed by atoms with Gasteiger partial charge in [-0.25, -0.2) is 4.79 Å². The van der Waals surface area contributed by atoms with E-state index in [-0.39, 0.29) is 11.6 Å². The molecular weight excluding hydrogens is 350 g/mol. The maximum atomic E-state index is 11.4. The van der Waals surface area contributed by atoms with Crippen LogP contribution < -0.4 is 10.6 Å². The van der Waals surface area contributed by atoms with Crippen LogP contribution in [-0.4, -0.2) is 22.6 Å². The molecule has 1 aliphatic rings. The topological polar surface area (TPSA) is 74.2 Å². The largest absolute Gasteiger partial charge is 0.478 e. The molecule has 142 valence electrons. The molecule has 0 amide bonds. The summed E-state index contributed by atoms with van der Waals surface area (Å²) in [5, 5.41) is 16.1. The Morgan fingerprint density at radius 1 is 1.25 bits per heavy atom. The average molecular weight is 373 g/mol. The number of fused-ring (bicyclic) bond motifs is 1. The van der Waals surface area contributed by atoms with Crippen LogP contribution in [0.5, 0.6) is 0 Å². The Morgan fingerprint density at radius 3 is 2.93 bits per heavy atom. The Kier molecular flexibility index (Phi) is 5.08. The number of anilines is 1. The Hall–Kier alpha value is -3.18. The highest BCUT2D eigenvalue weighted by atomic mass is 16.4. The molecule has 3 N–H and O–H groups in total. The SMILES string of the molecule is CCc1ccccc1-c1ccc2c(c1)CNC2CNc1cnccc1C(=O)O. The van der Waals surface area contributed by atoms with Crippen LogP contribution in [0.15, 0.2) is 60.9 Å². The third kappa shape index (κ3) is 3.49. The zero-order chi connectivity index (χ0) is 19.5. The molecular formula is C23H23N3O2. The molecule has 0 radical (unpaired) electrons. The van der Waals surface area contributed by atoms with Crippen LogP contribution in [0.4, 0.5) is 5.69 Å². The van der Waals surface area contributed by atoms with Gasteiger partial charge in [0.05, 0.1) is 23.5 Å². The molecule has 0 aliphatic carbocycles. The fraction of sp³-hybridized carbons (Fsp3) is 0.217. The number of benzene rings is 2. The number of carboxylic acids is 1. The van der Waals surface area contributed by atoms with Crippen molar-refractivity contribution in [1.82, 2.24) is 10.3 Å². The summed E-state index contributed by atoms with van der Waals surface area (Å²) in [4.78, 5) is 15.4. The lowest BCUT2D eigenvalue weighted by atomic mass is 9.94. The van der Waals surface area contributed by atoms with Crippen LogP contribution in [0, 0.1) is 0 Å². The van der Waals surface area contributed by atoms with Gasteiger partial charge in [-0.1, -0.05) is 43.3 Å². The molecule has 5 nitrogen and oxygen atoms in total. The van der Waals surface area contributed by atoms with Crippen LogP contribution in [0.2, 0.25) is 0 Å². The van der Waals surface area contributed by atoms with Gasteiger partial charge < -0.3 is 15.7 Å². The summed E-state index contributed by atoms with van der Waals surface area (Å²) in [6, 6.07) is 16.8. The molecule has 0 bridgehead atoms. The number of aryl methyl sites for hydroxylation is 1. The quantitative estimate of drug-likeness (QED) is 0.602. The van der Waals surface area contributed by atoms with Crippen molar-refractivity contribution in [2.24, 2.45) is 0 Å². The van der Waals surface area contributed by atoms with E-state index in [0.29, 0.717) is 12.2 Å². The third-order valence-corrected chi connectivity index (χ3v) is 5.31. The number of hydrogen-bond acceptors (Lipinski definition) is 4. The summed E-state index contributed by atoms with van der Waals surface area (Å²) < 4.78 is 0. The minimum Gasteiger partial charge on any atom is -0.478 e. The van der Waals surface area contributed by atoms with Crippen molar-refractivity contribution >= 4 is 11.7 Å². The summed E-state index contributed by atoms with van der Waals surface area (Å²) in [7, 11) is 0. The second-order valence-electron chi connectivity index (χ2n) is 6.97. The van der Waals surface area contributed by atoms with Crippen LogP contribution >= 0.6 is 0 Å². The summed E-state index contributed by atoms with van der Waals surface area (Å²) in [6.07, 6.45) is 4.06. The van der Waals surface area contributed by atoms with Gasteiger partial charge in [0.2, 0.25) is 0 Å². The Balaban J connectivity index is 1.54. The lowest BCUT2D eigenvalue weighted by Gasteiger charge is -2.16. The molecule has 2 heterocycles. The van der Waals surface area contributed by atoms with E-state index in [2.05, 4.69) is 65.0 Å². The Bertz CT molecular complexity index is 1020. The number of aromatic carboxylic acids is 1. The molecule has 0 spiro atoms. The van der Waals surface area contributed by atoms with Crippen molar-refractivity contribution in [3.05, 3.63) is 83.2 Å². The molecule has 3 aromatic rings. The molecule has 0 saturated carbocycles. The molecule has 1 aliphatic heterocycles. The standard InChI is InChI=1S/C23H23N3O2/c1-2-15-5-3-4-6-18(15)16-7-8-19-17(11-16)12-25-22(19)14-26-21-13-24-10-9-20(21)23(27)28/h3-11,13,22,25-26H,2,12,14H2,1H3,(H,27,28). The third-order valence-electron chi connectivity index (χ3n) is 5.31. The zero-order valence-electron chi connectivity index (χ0n) is 15.8. The van der Waals surface area contributed by atoms with Gasteiger partial charge in [0, 0.05) is 19.3 Å². The first-order valence-electron chi connectivity index (χ1n) is 9.53. The van der Waals surface area contributed by atoms with E-state index in [9.17, 15) is 9.90 Å². The van der Waals surface area contributed by atoms with Gasteiger partial charge in [-0.15, -0.1) is 0 Å². The molecule has 1 aromatic heterocycles. The van der Waals surface area contributed by atoms with Gasteiger partial charge in [0.15, 0.2) is 0 Å². The van der Waals surface area contributed by atoms with Gasteiger partial charge in [-0.3, -0.25) is 4.98 Å². The smallest absolute Gasteiger partial charge is 0.337 e. The lowest BCUT2D eigenvalue weighted by Crippen LogP contribution is -2.22. The fourth-order valence-corrected chi connectivity index (χ4v) is 3.84. The van der Waals surface area contributed by atoms with E-state index in [0.717, 1.165) is 13.0 Å². The van der Waals surface area contributed by atoms with E-state index >= 15 is 0 Å². The van der Waals surface area contributed by atoms with E-state index < -0.39 is 5.97 Å². The van der Waals surface area contributed by atoms with E-state index in [1.54, 1.807) is 6.20 Å².